The third-order valence-electron chi connectivity index (χ3n) is 11.2. The molecular formula is C43H53N3O3. The Bertz CT molecular complexity index is 1870. The highest BCUT2D eigenvalue weighted by molar-refractivity contribution is 6.03. The summed E-state index contributed by atoms with van der Waals surface area (Å²) in [7, 11) is 1.47. The van der Waals surface area contributed by atoms with Gasteiger partial charge in [0.1, 0.15) is 0 Å². The molecule has 1 saturated heterocycles. The zero-order valence-electron chi connectivity index (χ0n) is 29.8. The standard InChI is InChI=1S/C41H47N3O3.C2H6/c1-46-41(45)32-16-17-34-37(26-32)44-21-9-20-43-27-36(30-18-22-42(23-19-30)24-25-47-28-29-10-4-2-5-11-29)33-14-8-15-35(39(33)43)40(44)38(34)31-12-6-3-7-13-31;1-2/h2,4-5,8,10-11,14-17,26-27,30-31H,3,6-7,9,12-13,18-25,28H2,1H3;1-2H3. The number of methoxy groups -OCH3 is 1. The van der Waals surface area contributed by atoms with E-state index in [0.717, 1.165) is 45.8 Å². The Morgan fingerprint density at radius 2 is 1.59 bits per heavy atom. The van der Waals surface area contributed by atoms with E-state index in [-0.39, 0.29) is 5.97 Å². The number of piperidine rings is 1. The molecule has 8 rings (SSSR count). The third-order valence-corrected chi connectivity index (χ3v) is 11.2. The highest BCUT2D eigenvalue weighted by Gasteiger charge is 2.31. The van der Waals surface area contributed by atoms with Crippen LogP contribution in [0.5, 0.6) is 0 Å². The molecule has 6 heteroatoms. The first-order chi connectivity index (χ1) is 24.2. The van der Waals surface area contributed by atoms with Crippen molar-refractivity contribution in [3.05, 3.63) is 95.2 Å². The molecule has 0 unspecified atom stereocenters. The zero-order chi connectivity index (χ0) is 33.7. The van der Waals surface area contributed by atoms with E-state index in [2.05, 4.69) is 80.9 Å². The Morgan fingerprint density at radius 3 is 2.37 bits per heavy atom. The van der Waals surface area contributed by atoms with Crippen LogP contribution in [-0.2, 0) is 29.2 Å². The van der Waals surface area contributed by atoms with Crippen molar-refractivity contribution in [1.29, 1.82) is 0 Å². The van der Waals surface area contributed by atoms with E-state index in [9.17, 15) is 4.79 Å². The normalized spacial score (nSPS) is 17.3. The molecule has 258 valence electrons. The Kier molecular flexibility index (Phi) is 10.5. The molecule has 2 aliphatic heterocycles. The van der Waals surface area contributed by atoms with Crippen LogP contribution in [0.25, 0.3) is 33.1 Å². The van der Waals surface area contributed by atoms with E-state index in [1.54, 1.807) is 0 Å². The molecule has 3 aliphatic rings. The minimum absolute atomic E-state index is 0.265. The summed E-state index contributed by atoms with van der Waals surface area (Å²) in [5.74, 6) is 0.853. The Morgan fingerprint density at radius 1 is 0.796 bits per heavy atom. The fraction of sp³-hybridized carbons (Fsp3) is 0.465. The molecule has 49 heavy (non-hydrogen) atoms. The number of esters is 1. The van der Waals surface area contributed by atoms with Gasteiger partial charge in [-0.3, -0.25) is 0 Å². The number of fused-ring (bicyclic) bond motifs is 4. The van der Waals surface area contributed by atoms with Crippen molar-refractivity contribution >= 4 is 27.8 Å². The number of rotatable bonds is 8. The summed E-state index contributed by atoms with van der Waals surface area (Å²) in [6.07, 6.45) is 12.3. The molecule has 0 spiro atoms. The van der Waals surface area contributed by atoms with Crippen molar-refractivity contribution in [2.45, 2.75) is 96.7 Å². The van der Waals surface area contributed by atoms with Crippen LogP contribution in [0.15, 0.2) is 72.9 Å². The predicted octanol–water partition coefficient (Wildman–Crippen LogP) is 9.92. The van der Waals surface area contributed by atoms with E-state index in [4.69, 9.17) is 9.47 Å². The van der Waals surface area contributed by atoms with Gasteiger partial charge in [0.05, 0.1) is 37.1 Å². The summed E-state index contributed by atoms with van der Waals surface area (Å²) in [5.41, 5.74) is 10.2. The number of para-hydroxylation sites is 1. The predicted molar refractivity (Wildman–Crippen MR) is 201 cm³/mol. The van der Waals surface area contributed by atoms with E-state index < -0.39 is 0 Å². The summed E-state index contributed by atoms with van der Waals surface area (Å²) >= 11 is 0. The Hall–Kier alpha value is -3.87. The van der Waals surface area contributed by atoms with Gasteiger partial charge in [-0.25, -0.2) is 4.79 Å². The summed E-state index contributed by atoms with van der Waals surface area (Å²) in [6.45, 7) is 10.6. The van der Waals surface area contributed by atoms with E-state index in [0.29, 0.717) is 24.0 Å². The largest absolute Gasteiger partial charge is 0.465 e. The number of nitrogens with zero attached hydrogens (tertiary/aromatic N) is 3. The Balaban J connectivity index is 0.00000186. The number of aromatic nitrogens is 2. The van der Waals surface area contributed by atoms with Crippen LogP contribution in [0.1, 0.15) is 104 Å². The molecule has 5 aromatic rings. The maximum Gasteiger partial charge on any atom is 0.337 e. The van der Waals surface area contributed by atoms with Gasteiger partial charge < -0.3 is 23.5 Å². The fourth-order valence-corrected chi connectivity index (χ4v) is 8.85. The molecule has 1 saturated carbocycles. The number of likely N-dealkylation sites (tertiary alicyclic amines) is 1. The first-order valence-corrected chi connectivity index (χ1v) is 18.9. The van der Waals surface area contributed by atoms with Gasteiger partial charge in [0.25, 0.3) is 0 Å². The lowest BCUT2D eigenvalue weighted by Crippen LogP contribution is -2.35. The minimum atomic E-state index is -0.265. The van der Waals surface area contributed by atoms with Gasteiger partial charge >= 0.3 is 5.97 Å². The molecule has 4 heterocycles. The van der Waals surface area contributed by atoms with Crippen molar-refractivity contribution < 1.29 is 14.3 Å². The average Bonchev–Trinajstić information content (AvgIpc) is 3.69. The van der Waals surface area contributed by atoms with E-state index in [1.165, 1.54) is 102 Å². The SMILES string of the molecule is CC.COC(=O)c1ccc2c(C3CCCCC3)c3n(c2c1)CCCn1cc(C2CCN(CCOCc4ccccc4)CC2)c2cccc-3c21. The van der Waals surface area contributed by atoms with E-state index in [1.807, 2.05) is 19.9 Å². The second-order valence-corrected chi connectivity index (χ2v) is 14.0. The average molecular weight is 660 g/mol. The second kappa shape index (κ2) is 15.3. The highest BCUT2D eigenvalue weighted by Crippen LogP contribution is 2.48. The first kappa shape index (κ1) is 33.6. The molecule has 1 aliphatic carbocycles. The lowest BCUT2D eigenvalue weighted by atomic mass is 9.81. The number of aryl methyl sites for hydroxylation is 2. The zero-order valence-corrected chi connectivity index (χ0v) is 29.8. The fourth-order valence-electron chi connectivity index (χ4n) is 8.85. The van der Waals surface area contributed by atoms with Crippen LogP contribution >= 0.6 is 0 Å². The molecule has 6 nitrogen and oxygen atoms in total. The van der Waals surface area contributed by atoms with Crippen LogP contribution < -0.4 is 0 Å². The first-order valence-electron chi connectivity index (χ1n) is 18.9. The lowest BCUT2D eigenvalue weighted by molar-refractivity contribution is 0.0601. The van der Waals surface area contributed by atoms with Crippen molar-refractivity contribution in [3.63, 3.8) is 0 Å². The third kappa shape index (κ3) is 6.70. The maximum absolute atomic E-state index is 12.6. The summed E-state index contributed by atoms with van der Waals surface area (Å²) in [5, 5.41) is 2.74. The smallest absolute Gasteiger partial charge is 0.337 e. The van der Waals surface area contributed by atoms with Crippen molar-refractivity contribution in [2.24, 2.45) is 0 Å². The maximum atomic E-state index is 12.6. The number of benzene rings is 3. The molecular weight excluding hydrogens is 606 g/mol. The van der Waals surface area contributed by atoms with Crippen molar-refractivity contribution in [3.8, 4) is 11.3 Å². The highest BCUT2D eigenvalue weighted by atomic mass is 16.5. The number of hydrogen-bond acceptors (Lipinski definition) is 4. The summed E-state index contributed by atoms with van der Waals surface area (Å²) < 4.78 is 16.3. The van der Waals surface area contributed by atoms with Crippen LogP contribution in [0, 0.1) is 0 Å². The molecule has 0 N–H and O–H groups in total. The van der Waals surface area contributed by atoms with Gasteiger partial charge in [-0.2, -0.15) is 0 Å². The van der Waals surface area contributed by atoms with Gasteiger partial charge in [0.2, 0.25) is 0 Å². The topological polar surface area (TPSA) is 48.6 Å². The second-order valence-electron chi connectivity index (χ2n) is 14.0. The Labute approximate surface area is 292 Å². The van der Waals surface area contributed by atoms with E-state index >= 15 is 0 Å². The molecule has 0 atom stereocenters. The molecule has 3 aromatic carbocycles. The van der Waals surface area contributed by atoms with Gasteiger partial charge in [-0.1, -0.05) is 87.7 Å². The minimum Gasteiger partial charge on any atom is -0.465 e. The van der Waals surface area contributed by atoms with Crippen LogP contribution in [0.2, 0.25) is 0 Å². The van der Waals surface area contributed by atoms with Crippen LogP contribution in [0.4, 0.5) is 0 Å². The van der Waals surface area contributed by atoms with Gasteiger partial charge in [0.15, 0.2) is 0 Å². The lowest BCUT2D eigenvalue weighted by Gasteiger charge is -2.31. The number of carbonyl (C=O) groups excluding carboxylic acids is 1. The molecule has 2 aromatic heterocycles. The number of hydrogen-bond donors (Lipinski definition) is 0. The van der Waals surface area contributed by atoms with Crippen LogP contribution in [-0.4, -0.2) is 53.4 Å². The number of ether oxygens (including phenoxy) is 2. The van der Waals surface area contributed by atoms with Crippen LogP contribution in [0.3, 0.4) is 0 Å². The monoisotopic (exact) mass is 659 g/mol. The van der Waals surface area contributed by atoms with Gasteiger partial charge in [0, 0.05) is 47.7 Å². The molecule has 2 fully saturated rings. The number of carbonyl (C=O) groups is 1. The quantitative estimate of drug-likeness (QED) is 0.123. The van der Waals surface area contributed by atoms with Gasteiger partial charge in [-0.05, 0) is 85.9 Å². The molecule has 0 radical (unpaired) electrons. The van der Waals surface area contributed by atoms with Crippen molar-refractivity contribution in [2.75, 3.05) is 33.4 Å². The summed E-state index contributed by atoms with van der Waals surface area (Å²) in [4.78, 5) is 15.2. The molecule has 0 bridgehead atoms. The van der Waals surface area contributed by atoms with Gasteiger partial charge in [-0.15, -0.1) is 0 Å². The summed E-state index contributed by atoms with van der Waals surface area (Å²) in [6, 6.07) is 23.8. The van der Waals surface area contributed by atoms with Crippen molar-refractivity contribution in [1.82, 2.24) is 14.0 Å². The molecule has 0 amide bonds.